The van der Waals surface area contributed by atoms with Crippen LogP contribution in [0.15, 0.2) is 54.6 Å². The SMILES string of the molecule is COc1ccc(CN(CCN2CCCC2)Cc2ccccc2)cc1. The summed E-state index contributed by atoms with van der Waals surface area (Å²) in [5.74, 6) is 0.922. The van der Waals surface area contributed by atoms with Crippen molar-refractivity contribution in [3.63, 3.8) is 0 Å². The van der Waals surface area contributed by atoms with E-state index in [4.69, 9.17) is 4.74 Å². The van der Waals surface area contributed by atoms with E-state index in [-0.39, 0.29) is 0 Å². The molecule has 0 aliphatic carbocycles. The van der Waals surface area contributed by atoms with Crippen LogP contribution < -0.4 is 4.74 Å². The van der Waals surface area contributed by atoms with Crippen LogP contribution in [0.5, 0.6) is 5.75 Å². The molecule has 2 aromatic rings. The molecule has 2 aromatic carbocycles. The van der Waals surface area contributed by atoms with Gasteiger partial charge in [-0.15, -0.1) is 0 Å². The fraction of sp³-hybridized carbons (Fsp3) is 0.429. The molecule has 1 saturated heterocycles. The number of nitrogens with zero attached hydrogens (tertiary/aromatic N) is 2. The number of benzene rings is 2. The van der Waals surface area contributed by atoms with Crippen molar-refractivity contribution in [3.8, 4) is 5.75 Å². The van der Waals surface area contributed by atoms with Crippen molar-refractivity contribution in [2.24, 2.45) is 0 Å². The molecule has 0 aromatic heterocycles. The molecule has 0 amide bonds. The maximum absolute atomic E-state index is 5.26. The minimum atomic E-state index is 0.922. The van der Waals surface area contributed by atoms with E-state index in [2.05, 4.69) is 64.4 Å². The summed E-state index contributed by atoms with van der Waals surface area (Å²) in [5, 5.41) is 0. The molecule has 1 aliphatic rings. The number of rotatable bonds is 8. The van der Waals surface area contributed by atoms with E-state index in [1.165, 1.54) is 43.6 Å². The molecular weight excluding hydrogens is 296 g/mol. The first-order valence-electron chi connectivity index (χ1n) is 8.95. The van der Waals surface area contributed by atoms with Gasteiger partial charge < -0.3 is 9.64 Å². The molecule has 3 nitrogen and oxygen atoms in total. The summed E-state index contributed by atoms with van der Waals surface area (Å²) in [6, 6.07) is 19.2. The second-order valence-corrected chi connectivity index (χ2v) is 6.59. The van der Waals surface area contributed by atoms with Crippen LogP contribution in [0.2, 0.25) is 0 Å². The van der Waals surface area contributed by atoms with E-state index < -0.39 is 0 Å². The molecule has 1 heterocycles. The molecule has 0 radical (unpaired) electrons. The van der Waals surface area contributed by atoms with Gasteiger partial charge in [0.05, 0.1) is 7.11 Å². The van der Waals surface area contributed by atoms with Gasteiger partial charge in [-0.05, 0) is 49.2 Å². The van der Waals surface area contributed by atoms with Crippen LogP contribution in [-0.4, -0.2) is 43.1 Å². The molecule has 0 spiro atoms. The molecule has 0 atom stereocenters. The van der Waals surface area contributed by atoms with Gasteiger partial charge in [0.15, 0.2) is 0 Å². The molecule has 0 saturated carbocycles. The lowest BCUT2D eigenvalue weighted by Crippen LogP contribution is -2.33. The van der Waals surface area contributed by atoms with Crippen molar-refractivity contribution in [3.05, 3.63) is 65.7 Å². The Morgan fingerprint density at radius 1 is 0.875 bits per heavy atom. The van der Waals surface area contributed by atoms with Crippen LogP contribution in [0.25, 0.3) is 0 Å². The van der Waals surface area contributed by atoms with Gasteiger partial charge in [-0.2, -0.15) is 0 Å². The van der Waals surface area contributed by atoms with Gasteiger partial charge in [-0.3, -0.25) is 4.90 Å². The lowest BCUT2D eigenvalue weighted by molar-refractivity contribution is 0.212. The normalized spacial score (nSPS) is 15.1. The molecule has 24 heavy (non-hydrogen) atoms. The number of ether oxygens (including phenoxy) is 1. The standard InChI is InChI=1S/C21H28N2O/c1-24-21-11-9-20(10-12-21)18-23(16-15-22-13-5-6-14-22)17-19-7-3-2-4-8-19/h2-4,7-12H,5-6,13-18H2,1H3. The van der Waals surface area contributed by atoms with E-state index in [0.717, 1.165) is 25.4 Å². The van der Waals surface area contributed by atoms with E-state index in [0.29, 0.717) is 0 Å². The molecule has 0 bridgehead atoms. The van der Waals surface area contributed by atoms with Gasteiger partial charge in [0.2, 0.25) is 0 Å². The number of likely N-dealkylation sites (tertiary alicyclic amines) is 1. The van der Waals surface area contributed by atoms with Gasteiger partial charge in [0, 0.05) is 26.2 Å². The van der Waals surface area contributed by atoms with Crippen molar-refractivity contribution >= 4 is 0 Å². The van der Waals surface area contributed by atoms with Crippen LogP contribution >= 0.6 is 0 Å². The molecular formula is C21H28N2O. The van der Waals surface area contributed by atoms with Crippen molar-refractivity contribution < 1.29 is 4.74 Å². The highest BCUT2D eigenvalue weighted by Crippen LogP contribution is 2.15. The summed E-state index contributed by atoms with van der Waals surface area (Å²) in [6.07, 6.45) is 2.72. The van der Waals surface area contributed by atoms with Crippen LogP contribution in [0.4, 0.5) is 0 Å². The highest BCUT2D eigenvalue weighted by molar-refractivity contribution is 5.27. The second kappa shape index (κ2) is 8.86. The van der Waals surface area contributed by atoms with Crippen molar-refractivity contribution in [2.45, 2.75) is 25.9 Å². The van der Waals surface area contributed by atoms with Gasteiger partial charge in [0.25, 0.3) is 0 Å². The third-order valence-corrected chi connectivity index (χ3v) is 4.75. The van der Waals surface area contributed by atoms with E-state index in [9.17, 15) is 0 Å². The Morgan fingerprint density at radius 3 is 2.12 bits per heavy atom. The van der Waals surface area contributed by atoms with Crippen LogP contribution in [0.3, 0.4) is 0 Å². The second-order valence-electron chi connectivity index (χ2n) is 6.59. The Kier molecular flexibility index (Phi) is 6.27. The van der Waals surface area contributed by atoms with Crippen LogP contribution in [0.1, 0.15) is 24.0 Å². The fourth-order valence-corrected chi connectivity index (χ4v) is 3.33. The Hall–Kier alpha value is -1.84. The van der Waals surface area contributed by atoms with E-state index in [1.54, 1.807) is 7.11 Å². The van der Waals surface area contributed by atoms with Gasteiger partial charge in [-0.1, -0.05) is 42.5 Å². The maximum Gasteiger partial charge on any atom is 0.118 e. The first-order valence-corrected chi connectivity index (χ1v) is 8.95. The molecule has 0 N–H and O–H groups in total. The average molecular weight is 324 g/mol. The maximum atomic E-state index is 5.26. The quantitative estimate of drug-likeness (QED) is 0.735. The molecule has 0 unspecified atom stereocenters. The fourth-order valence-electron chi connectivity index (χ4n) is 3.33. The third kappa shape index (κ3) is 5.08. The Bertz CT molecular complexity index is 591. The summed E-state index contributed by atoms with van der Waals surface area (Å²) in [6.45, 7) is 6.79. The molecule has 3 heteroatoms. The van der Waals surface area contributed by atoms with Gasteiger partial charge in [0.1, 0.15) is 5.75 Å². The summed E-state index contributed by atoms with van der Waals surface area (Å²) < 4.78 is 5.26. The van der Waals surface area contributed by atoms with E-state index >= 15 is 0 Å². The zero-order valence-corrected chi connectivity index (χ0v) is 14.7. The first-order chi connectivity index (χ1) is 11.8. The van der Waals surface area contributed by atoms with Crippen LogP contribution in [-0.2, 0) is 13.1 Å². The minimum Gasteiger partial charge on any atom is -0.497 e. The lowest BCUT2D eigenvalue weighted by atomic mass is 10.1. The summed E-state index contributed by atoms with van der Waals surface area (Å²) >= 11 is 0. The number of methoxy groups -OCH3 is 1. The molecule has 128 valence electrons. The average Bonchev–Trinajstić information content (AvgIpc) is 3.15. The molecule has 1 fully saturated rings. The van der Waals surface area contributed by atoms with Crippen LogP contribution in [0, 0.1) is 0 Å². The lowest BCUT2D eigenvalue weighted by Gasteiger charge is -2.25. The first kappa shape index (κ1) is 17.0. The smallest absolute Gasteiger partial charge is 0.118 e. The zero-order valence-electron chi connectivity index (χ0n) is 14.7. The Balaban J connectivity index is 1.62. The largest absolute Gasteiger partial charge is 0.497 e. The predicted molar refractivity (Wildman–Crippen MR) is 99.2 cm³/mol. The highest BCUT2D eigenvalue weighted by atomic mass is 16.5. The van der Waals surface area contributed by atoms with Gasteiger partial charge in [-0.25, -0.2) is 0 Å². The summed E-state index contributed by atoms with van der Waals surface area (Å²) in [7, 11) is 1.72. The topological polar surface area (TPSA) is 15.7 Å². The van der Waals surface area contributed by atoms with Crippen molar-refractivity contribution in [1.82, 2.24) is 9.80 Å². The molecule has 1 aliphatic heterocycles. The van der Waals surface area contributed by atoms with Crippen molar-refractivity contribution in [1.29, 1.82) is 0 Å². The van der Waals surface area contributed by atoms with E-state index in [1.807, 2.05) is 0 Å². The summed E-state index contributed by atoms with van der Waals surface area (Å²) in [5.41, 5.74) is 2.72. The molecule has 3 rings (SSSR count). The Morgan fingerprint density at radius 2 is 1.50 bits per heavy atom. The minimum absolute atomic E-state index is 0.922. The highest BCUT2D eigenvalue weighted by Gasteiger charge is 2.14. The number of hydrogen-bond acceptors (Lipinski definition) is 3. The van der Waals surface area contributed by atoms with Gasteiger partial charge >= 0.3 is 0 Å². The van der Waals surface area contributed by atoms with Crippen molar-refractivity contribution in [2.75, 3.05) is 33.3 Å². The number of hydrogen-bond donors (Lipinski definition) is 0. The monoisotopic (exact) mass is 324 g/mol. The third-order valence-electron chi connectivity index (χ3n) is 4.75. The predicted octanol–water partition coefficient (Wildman–Crippen LogP) is 3.79. The summed E-state index contributed by atoms with van der Waals surface area (Å²) in [4.78, 5) is 5.14. The Labute approximate surface area is 145 Å². The zero-order chi connectivity index (χ0) is 16.6.